The molecule has 0 unspecified atom stereocenters. The molecule has 0 N–H and O–H groups in total. The minimum Gasteiger partial charge on any atom is -0.465 e. The number of hydrogen-bond donors (Lipinski definition) is 0. The normalized spacial score (nSPS) is 15.5. The Labute approximate surface area is 138 Å². The van der Waals surface area contributed by atoms with E-state index in [1.165, 1.54) is 18.4 Å². The molecule has 1 aromatic carbocycles. The summed E-state index contributed by atoms with van der Waals surface area (Å²) in [5.74, 6) is -0.407. The first-order valence-corrected chi connectivity index (χ1v) is 7.86. The van der Waals surface area contributed by atoms with Crippen molar-refractivity contribution >= 4 is 5.91 Å². The molecule has 1 amide bonds. The molecule has 1 fully saturated rings. The van der Waals surface area contributed by atoms with Crippen molar-refractivity contribution < 1.29 is 22.8 Å². The van der Waals surface area contributed by atoms with Crippen LogP contribution in [0.25, 0.3) is 0 Å². The second kappa shape index (κ2) is 7.42. The molecule has 1 saturated heterocycles. The van der Waals surface area contributed by atoms with Crippen molar-refractivity contribution in [3.8, 4) is 5.88 Å². The number of hydrogen-bond acceptors (Lipinski definition) is 4. The zero-order valence-electron chi connectivity index (χ0n) is 13.1. The van der Waals surface area contributed by atoms with Crippen LogP contribution < -0.4 is 4.74 Å². The smallest absolute Gasteiger partial charge is 0.260 e. The number of amides is 1. The molecule has 0 spiro atoms. The van der Waals surface area contributed by atoms with Crippen LogP contribution in [0.15, 0.2) is 35.1 Å². The number of ether oxygens (including phenoxy) is 1. The number of rotatable bonds is 5. The quantitative estimate of drug-likeness (QED) is 0.842. The first kappa shape index (κ1) is 16.4. The summed E-state index contributed by atoms with van der Waals surface area (Å²) in [5.41, 5.74) is 0.397. The van der Waals surface area contributed by atoms with Gasteiger partial charge >= 0.3 is 0 Å². The Hall–Kier alpha value is -2.44. The lowest BCUT2D eigenvalue weighted by atomic mass is 9.90. The maximum absolute atomic E-state index is 13.7. The maximum Gasteiger partial charge on any atom is 0.260 e. The lowest BCUT2D eigenvalue weighted by molar-refractivity contribution is -0.134. The van der Waals surface area contributed by atoms with Crippen LogP contribution >= 0.6 is 0 Å². The predicted octanol–water partition coefficient (Wildman–Crippen LogP) is 2.81. The molecule has 128 valence electrons. The third-order valence-electron chi connectivity index (χ3n) is 4.24. The molecule has 0 radical (unpaired) electrons. The van der Waals surface area contributed by atoms with Crippen LogP contribution in [0, 0.1) is 17.6 Å². The molecule has 0 bridgehead atoms. The third kappa shape index (κ3) is 4.10. The lowest BCUT2D eigenvalue weighted by Crippen LogP contribution is -2.41. The lowest BCUT2D eigenvalue weighted by Gasteiger charge is -2.32. The fourth-order valence-electron chi connectivity index (χ4n) is 2.90. The number of carbonyl (C=O) groups excluding carboxylic acids is 1. The standard InChI is InChI=1S/C17H18F2N2O3/c18-14-1-2-15(19)13(10-14)9-12-3-6-21(7-4-12)17(22)11-23-16-5-8-24-20-16/h1-2,5,8,10,12H,3-4,6-7,9,11H2. The Bertz CT molecular complexity index is 683. The topological polar surface area (TPSA) is 55.6 Å². The molecule has 1 aliphatic heterocycles. The van der Waals surface area contributed by atoms with Crippen molar-refractivity contribution in [2.45, 2.75) is 19.3 Å². The summed E-state index contributed by atoms with van der Waals surface area (Å²) < 4.78 is 36.8. The van der Waals surface area contributed by atoms with Crippen molar-refractivity contribution in [1.82, 2.24) is 10.1 Å². The fourth-order valence-corrected chi connectivity index (χ4v) is 2.90. The Kier molecular flexibility index (Phi) is 5.08. The molecule has 0 saturated carbocycles. The summed E-state index contributed by atoms with van der Waals surface area (Å²) in [4.78, 5) is 13.8. The molecule has 0 atom stereocenters. The highest BCUT2D eigenvalue weighted by atomic mass is 19.1. The SMILES string of the molecule is O=C(COc1ccon1)N1CCC(Cc2cc(F)ccc2F)CC1. The third-order valence-corrected chi connectivity index (χ3v) is 4.24. The van der Waals surface area contributed by atoms with Gasteiger partial charge in [-0.25, -0.2) is 8.78 Å². The average molecular weight is 336 g/mol. The number of benzene rings is 1. The molecular formula is C17H18F2N2O3. The van der Waals surface area contributed by atoms with Crippen LogP contribution in [0.4, 0.5) is 8.78 Å². The average Bonchev–Trinajstić information content (AvgIpc) is 3.10. The van der Waals surface area contributed by atoms with Crippen molar-refractivity contribution in [2.75, 3.05) is 19.7 Å². The van der Waals surface area contributed by atoms with E-state index >= 15 is 0 Å². The van der Waals surface area contributed by atoms with E-state index in [-0.39, 0.29) is 30.1 Å². The molecule has 1 aliphatic rings. The summed E-state index contributed by atoms with van der Waals surface area (Å²) >= 11 is 0. The predicted molar refractivity (Wildman–Crippen MR) is 81.4 cm³/mol. The molecular weight excluding hydrogens is 318 g/mol. The van der Waals surface area contributed by atoms with Crippen molar-refractivity contribution in [1.29, 1.82) is 0 Å². The number of likely N-dealkylation sites (tertiary alicyclic amines) is 1. The first-order chi connectivity index (χ1) is 11.6. The van der Waals surface area contributed by atoms with E-state index in [4.69, 9.17) is 4.74 Å². The number of halogens is 2. The van der Waals surface area contributed by atoms with Crippen LogP contribution in [0.3, 0.4) is 0 Å². The van der Waals surface area contributed by atoms with Gasteiger partial charge in [0, 0.05) is 19.2 Å². The van der Waals surface area contributed by atoms with E-state index < -0.39 is 5.82 Å². The summed E-state index contributed by atoms with van der Waals surface area (Å²) in [6, 6.07) is 5.06. The van der Waals surface area contributed by atoms with Gasteiger partial charge < -0.3 is 14.2 Å². The summed E-state index contributed by atoms with van der Waals surface area (Å²) in [5, 5.41) is 3.57. The number of carbonyl (C=O) groups is 1. The van der Waals surface area contributed by atoms with Crippen LogP contribution in [0.1, 0.15) is 18.4 Å². The van der Waals surface area contributed by atoms with Gasteiger partial charge in [0.05, 0.1) is 0 Å². The van der Waals surface area contributed by atoms with Gasteiger partial charge in [0.15, 0.2) is 6.61 Å². The van der Waals surface area contributed by atoms with Gasteiger partial charge in [-0.3, -0.25) is 4.79 Å². The Morgan fingerprint density at radius 1 is 1.29 bits per heavy atom. The van der Waals surface area contributed by atoms with E-state index in [0.29, 0.717) is 25.1 Å². The minimum absolute atomic E-state index is 0.0876. The van der Waals surface area contributed by atoms with Gasteiger partial charge in [-0.2, -0.15) is 0 Å². The number of aromatic nitrogens is 1. The van der Waals surface area contributed by atoms with Gasteiger partial charge in [0.1, 0.15) is 17.9 Å². The zero-order valence-corrected chi connectivity index (χ0v) is 13.1. The summed E-state index contributed by atoms with van der Waals surface area (Å²) in [6.45, 7) is 1.08. The molecule has 1 aromatic heterocycles. The van der Waals surface area contributed by atoms with E-state index in [1.54, 1.807) is 4.90 Å². The fraction of sp³-hybridized carbons (Fsp3) is 0.412. The highest BCUT2D eigenvalue weighted by Crippen LogP contribution is 2.23. The monoisotopic (exact) mass is 336 g/mol. The number of nitrogens with zero attached hydrogens (tertiary/aromatic N) is 2. The second-order valence-corrected chi connectivity index (χ2v) is 5.89. The van der Waals surface area contributed by atoms with Gasteiger partial charge in [0.2, 0.25) is 0 Å². The van der Waals surface area contributed by atoms with Crippen LogP contribution in [0.2, 0.25) is 0 Å². The maximum atomic E-state index is 13.7. The van der Waals surface area contributed by atoms with Gasteiger partial charge in [-0.15, -0.1) is 0 Å². The van der Waals surface area contributed by atoms with E-state index in [2.05, 4.69) is 9.68 Å². The highest BCUT2D eigenvalue weighted by molar-refractivity contribution is 5.77. The number of piperidine rings is 1. The largest absolute Gasteiger partial charge is 0.465 e. The van der Waals surface area contributed by atoms with E-state index in [9.17, 15) is 13.6 Å². The second-order valence-electron chi connectivity index (χ2n) is 5.89. The van der Waals surface area contributed by atoms with Gasteiger partial charge in [0.25, 0.3) is 11.8 Å². The minimum atomic E-state index is -0.427. The summed E-state index contributed by atoms with van der Waals surface area (Å²) in [7, 11) is 0. The molecule has 0 aliphatic carbocycles. The Morgan fingerprint density at radius 2 is 2.08 bits per heavy atom. The van der Waals surface area contributed by atoms with Crippen molar-refractivity contribution in [3.63, 3.8) is 0 Å². The first-order valence-electron chi connectivity index (χ1n) is 7.86. The van der Waals surface area contributed by atoms with E-state index in [1.807, 2.05) is 0 Å². The molecule has 2 aromatic rings. The molecule has 24 heavy (non-hydrogen) atoms. The highest BCUT2D eigenvalue weighted by Gasteiger charge is 2.24. The van der Waals surface area contributed by atoms with Crippen molar-refractivity contribution in [2.24, 2.45) is 5.92 Å². The molecule has 7 heteroatoms. The van der Waals surface area contributed by atoms with Crippen LogP contribution in [-0.2, 0) is 11.2 Å². The molecule has 5 nitrogen and oxygen atoms in total. The summed E-state index contributed by atoms with van der Waals surface area (Å²) in [6.07, 6.45) is 3.37. The Balaban J connectivity index is 1.46. The van der Waals surface area contributed by atoms with Gasteiger partial charge in [-0.1, -0.05) is 0 Å². The molecule has 2 heterocycles. The van der Waals surface area contributed by atoms with Gasteiger partial charge in [-0.05, 0) is 54.1 Å². The van der Waals surface area contributed by atoms with Crippen molar-refractivity contribution in [3.05, 3.63) is 47.7 Å². The Morgan fingerprint density at radius 3 is 2.79 bits per heavy atom. The van der Waals surface area contributed by atoms with Crippen LogP contribution in [0.5, 0.6) is 5.88 Å². The molecule has 3 rings (SSSR count). The van der Waals surface area contributed by atoms with Crippen LogP contribution in [-0.4, -0.2) is 35.7 Å². The zero-order chi connectivity index (χ0) is 16.9. The van der Waals surface area contributed by atoms with E-state index in [0.717, 1.165) is 25.0 Å².